The number of nitrogens with one attached hydrogen (secondary N) is 1. The molecule has 3 heterocycles. The molecule has 7 nitrogen and oxygen atoms in total. The molecule has 0 radical (unpaired) electrons. The molecule has 2 aromatic carbocycles. The van der Waals surface area contributed by atoms with E-state index in [1.165, 1.54) is 30.6 Å². The van der Waals surface area contributed by atoms with Gasteiger partial charge in [-0.3, -0.25) is 19.8 Å². The van der Waals surface area contributed by atoms with Gasteiger partial charge in [0.1, 0.15) is 0 Å². The lowest BCUT2D eigenvalue weighted by Gasteiger charge is -2.37. The van der Waals surface area contributed by atoms with Gasteiger partial charge >= 0.3 is 0 Å². The first-order chi connectivity index (χ1) is 17.0. The lowest BCUT2D eigenvalue weighted by atomic mass is 9.99. The average Bonchev–Trinajstić information content (AvgIpc) is 3.18. The van der Waals surface area contributed by atoms with Gasteiger partial charge in [0.15, 0.2) is 5.82 Å². The number of imide groups is 1. The number of thioether (sulfide) groups is 1. The summed E-state index contributed by atoms with van der Waals surface area (Å²) >= 11 is 0.869. The van der Waals surface area contributed by atoms with Gasteiger partial charge in [-0.05, 0) is 54.9 Å². The minimum atomic E-state index is -0.408. The molecule has 2 aliphatic rings. The standard InChI is InChI=1S/C27H29N5O2S/c1-3-4-10-31-11-13-32(14-12-31)22-9-8-19(15-18(22)2)21-7-5-6-20-17-28-24(29-25(20)21)16-23-26(33)30-27(34)35-23/h5-9,15-17H,3-4,10-14H2,1-2H3,(H,30,33,34). The highest BCUT2D eigenvalue weighted by Gasteiger charge is 2.25. The summed E-state index contributed by atoms with van der Waals surface area (Å²) in [6, 6.07) is 12.7. The monoisotopic (exact) mass is 487 g/mol. The highest BCUT2D eigenvalue weighted by atomic mass is 32.2. The van der Waals surface area contributed by atoms with Gasteiger partial charge in [-0.1, -0.05) is 37.6 Å². The van der Waals surface area contributed by atoms with Gasteiger partial charge < -0.3 is 4.90 Å². The molecule has 1 N–H and O–H groups in total. The van der Waals surface area contributed by atoms with Crippen molar-refractivity contribution in [1.29, 1.82) is 0 Å². The second-order valence-electron chi connectivity index (χ2n) is 9.01. The van der Waals surface area contributed by atoms with Gasteiger partial charge in [0.25, 0.3) is 11.1 Å². The van der Waals surface area contributed by atoms with Crippen LogP contribution in [0.4, 0.5) is 10.5 Å². The molecule has 0 bridgehead atoms. The lowest BCUT2D eigenvalue weighted by Crippen LogP contribution is -2.46. The maximum absolute atomic E-state index is 11.9. The second-order valence-corrected chi connectivity index (χ2v) is 10.0. The quantitative estimate of drug-likeness (QED) is 0.498. The number of unbranched alkanes of at least 4 members (excludes halogenated alkanes) is 1. The minimum absolute atomic E-state index is 0.307. The Bertz CT molecular complexity index is 1310. The number of benzene rings is 2. The summed E-state index contributed by atoms with van der Waals surface area (Å²) in [5, 5.41) is 2.82. The molecule has 0 atom stereocenters. The molecule has 0 aliphatic carbocycles. The van der Waals surface area contributed by atoms with Crippen molar-refractivity contribution in [2.75, 3.05) is 37.6 Å². The maximum atomic E-state index is 11.9. The molecule has 2 aliphatic heterocycles. The summed E-state index contributed by atoms with van der Waals surface area (Å²) in [7, 11) is 0. The number of hydrogen-bond acceptors (Lipinski definition) is 7. The number of aryl methyl sites for hydroxylation is 1. The van der Waals surface area contributed by atoms with E-state index in [9.17, 15) is 9.59 Å². The summed E-state index contributed by atoms with van der Waals surface area (Å²) in [6.07, 6.45) is 5.84. The van der Waals surface area contributed by atoms with E-state index in [1.54, 1.807) is 12.3 Å². The van der Waals surface area contributed by atoms with Crippen molar-refractivity contribution in [3.8, 4) is 11.1 Å². The van der Waals surface area contributed by atoms with Crippen LogP contribution in [0.3, 0.4) is 0 Å². The Morgan fingerprint density at radius 1 is 1.11 bits per heavy atom. The van der Waals surface area contributed by atoms with E-state index in [1.807, 2.05) is 12.1 Å². The molecule has 0 saturated carbocycles. The van der Waals surface area contributed by atoms with E-state index in [0.717, 1.165) is 60.0 Å². The Kier molecular flexibility index (Phi) is 6.83. The SMILES string of the molecule is CCCCN1CCN(c2ccc(-c3cccc4cnc(C=C5SC(=O)NC5=O)nc34)cc2C)CC1. The predicted molar refractivity (Wildman–Crippen MR) is 142 cm³/mol. The topological polar surface area (TPSA) is 78.4 Å². The molecule has 1 aromatic heterocycles. The third-order valence-corrected chi connectivity index (χ3v) is 7.39. The van der Waals surface area contributed by atoms with Crippen LogP contribution in [0.5, 0.6) is 0 Å². The van der Waals surface area contributed by atoms with Crippen molar-refractivity contribution in [2.45, 2.75) is 26.7 Å². The first-order valence-electron chi connectivity index (χ1n) is 12.1. The van der Waals surface area contributed by atoms with E-state index >= 15 is 0 Å². The Labute approximate surface area is 209 Å². The smallest absolute Gasteiger partial charge is 0.290 e. The normalized spacial score (nSPS) is 18.0. The highest BCUT2D eigenvalue weighted by Crippen LogP contribution is 2.32. The molecule has 3 aromatic rings. The summed E-state index contributed by atoms with van der Waals surface area (Å²) in [5.74, 6) is 0.000906. The molecular formula is C27H29N5O2S. The zero-order valence-corrected chi connectivity index (χ0v) is 20.9. The molecule has 2 saturated heterocycles. The fourth-order valence-corrected chi connectivity index (χ4v) is 5.33. The number of nitrogens with zero attached hydrogens (tertiary/aromatic N) is 4. The Morgan fingerprint density at radius 3 is 2.66 bits per heavy atom. The Morgan fingerprint density at radius 2 is 1.94 bits per heavy atom. The summed E-state index contributed by atoms with van der Waals surface area (Å²) in [4.78, 5) is 37.9. The molecule has 8 heteroatoms. The van der Waals surface area contributed by atoms with Gasteiger partial charge in [0.05, 0.1) is 10.4 Å². The van der Waals surface area contributed by atoms with Crippen LogP contribution in [-0.2, 0) is 4.79 Å². The zero-order valence-electron chi connectivity index (χ0n) is 20.1. The summed E-state index contributed by atoms with van der Waals surface area (Å²) in [5.41, 5.74) is 5.47. The molecular weight excluding hydrogens is 458 g/mol. The molecule has 0 spiro atoms. The van der Waals surface area contributed by atoms with E-state index < -0.39 is 5.91 Å². The molecule has 2 fully saturated rings. The number of aromatic nitrogens is 2. The third-order valence-electron chi connectivity index (χ3n) is 6.58. The van der Waals surface area contributed by atoms with E-state index in [0.29, 0.717) is 10.7 Å². The van der Waals surface area contributed by atoms with Gasteiger partial charge in [-0.25, -0.2) is 9.97 Å². The number of hydrogen-bond donors (Lipinski definition) is 1. The number of piperazine rings is 1. The van der Waals surface area contributed by atoms with Crippen LogP contribution in [-0.4, -0.2) is 58.7 Å². The highest BCUT2D eigenvalue weighted by molar-refractivity contribution is 8.18. The molecule has 35 heavy (non-hydrogen) atoms. The fraction of sp³-hybridized carbons (Fsp3) is 0.333. The van der Waals surface area contributed by atoms with Gasteiger partial charge in [-0.2, -0.15) is 0 Å². The Balaban J connectivity index is 1.41. The van der Waals surface area contributed by atoms with E-state index in [4.69, 9.17) is 4.98 Å². The number of carbonyl (C=O) groups is 2. The van der Waals surface area contributed by atoms with Gasteiger partial charge in [0, 0.05) is 55.1 Å². The van der Waals surface area contributed by atoms with Crippen molar-refractivity contribution >= 4 is 45.6 Å². The molecule has 2 amide bonds. The average molecular weight is 488 g/mol. The van der Waals surface area contributed by atoms with Crippen molar-refractivity contribution < 1.29 is 9.59 Å². The second kappa shape index (κ2) is 10.2. The van der Waals surface area contributed by atoms with Crippen molar-refractivity contribution in [2.24, 2.45) is 0 Å². The fourth-order valence-electron chi connectivity index (χ4n) is 4.68. The van der Waals surface area contributed by atoms with E-state index in [-0.39, 0.29) is 5.24 Å². The minimum Gasteiger partial charge on any atom is -0.369 e. The first kappa shape index (κ1) is 23.5. The van der Waals surface area contributed by atoms with Crippen molar-refractivity contribution in [3.05, 3.63) is 58.9 Å². The van der Waals surface area contributed by atoms with Crippen LogP contribution in [0.2, 0.25) is 0 Å². The molecule has 180 valence electrons. The van der Waals surface area contributed by atoms with Gasteiger partial charge in [-0.15, -0.1) is 0 Å². The molecule has 0 unspecified atom stereocenters. The third kappa shape index (κ3) is 5.09. The largest absolute Gasteiger partial charge is 0.369 e. The first-order valence-corrected chi connectivity index (χ1v) is 12.9. The van der Waals surface area contributed by atoms with Crippen LogP contribution < -0.4 is 10.2 Å². The van der Waals surface area contributed by atoms with Gasteiger partial charge in [0.2, 0.25) is 0 Å². The number of fused-ring (bicyclic) bond motifs is 1. The van der Waals surface area contributed by atoms with Crippen LogP contribution in [0, 0.1) is 6.92 Å². The number of anilines is 1. The van der Waals surface area contributed by atoms with Crippen LogP contribution in [0.25, 0.3) is 28.1 Å². The summed E-state index contributed by atoms with van der Waals surface area (Å²) < 4.78 is 0. The van der Waals surface area contributed by atoms with Crippen LogP contribution in [0.15, 0.2) is 47.5 Å². The van der Waals surface area contributed by atoms with Crippen molar-refractivity contribution in [1.82, 2.24) is 20.2 Å². The van der Waals surface area contributed by atoms with Crippen LogP contribution >= 0.6 is 11.8 Å². The van der Waals surface area contributed by atoms with Crippen molar-refractivity contribution in [3.63, 3.8) is 0 Å². The number of para-hydroxylation sites is 1. The number of amides is 2. The molecule has 5 rings (SSSR count). The zero-order chi connectivity index (χ0) is 24.4. The number of carbonyl (C=O) groups excluding carboxylic acids is 2. The lowest BCUT2D eigenvalue weighted by molar-refractivity contribution is -0.115. The number of rotatable bonds is 6. The summed E-state index contributed by atoms with van der Waals surface area (Å²) in [6.45, 7) is 9.95. The van der Waals surface area contributed by atoms with E-state index in [2.05, 4.69) is 58.2 Å². The predicted octanol–water partition coefficient (Wildman–Crippen LogP) is 4.85. The Hall–Kier alpha value is -3.23. The van der Waals surface area contributed by atoms with Crippen LogP contribution in [0.1, 0.15) is 31.2 Å². The maximum Gasteiger partial charge on any atom is 0.290 e.